The largest absolute Gasteiger partial charge is 0.396 e. The summed E-state index contributed by atoms with van der Waals surface area (Å²) in [7, 11) is 0. The third-order valence-electron chi connectivity index (χ3n) is 3.95. The minimum Gasteiger partial charge on any atom is -0.396 e. The Balaban J connectivity index is 1.70. The molecule has 4 heteroatoms. The summed E-state index contributed by atoms with van der Waals surface area (Å²) >= 11 is 0. The smallest absolute Gasteiger partial charge is 0.146 e. The molecule has 2 heterocycles. The van der Waals surface area contributed by atoms with E-state index < -0.39 is 0 Å². The van der Waals surface area contributed by atoms with Gasteiger partial charge >= 0.3 is 0 Å². The summed E-state index contributed by atoms with van der Waals surface area (Å²) in [5.41, 5.74) is 7.28. The van der Waals surface area contributed by atoms with Gasteiger partial charge in [-0.15, -0.1) is 0 Å². The number of hydrogen-bond donors (Lipinski definition) is 1. The van der Waals surface area contributed by atoms with Crippen molar-refractivity contribution in [3.63, 3.8) is 0 Å². The van der Waals surface area contributed by atoms with E-state index in [0.717, 1.165) is 44.8 Å². The van der Waals surface area contributed by atoms with Crippen LogP contribution in [0.4, 0.5) is 15.8 Å². The molecule has 2 aliphatic heterocycles. The lowest BCUT2D eigenvalue weighted by molar-refractivity contribution is -0.000190. The van der Waals surface area contributed by atoms with Gasteiger partial charge in [-0.3, -0.25) is 0 Å². The number of halogens is 1. The van der Waals surface area contributed by atoms with E-state index >= 15 is 0 Å². The molecule has 1 spiro atoms. The van der Waals surface area contributed by atoms with Gasteiger partial charge in [-0.05, 0) is 31.0 Å². The lowest BCUT2D eigenvalue weighted by Gasteiger charge is -2.53. The molecule has 1 aromatic rings. The number of benzene rings is 1. The van der Waals surface area contributed by atoms with Crippen molar-refractivity contribution in [2.24, 2.45) is 5.41 Å². The van der Waals surface area contributed by atoms with Crippen LogP contribution < -0.4 is 10.6 Å². The van der Waals surface area contributed by atoms with E-state index in [1.54, 1.807) is 12.1 Å². The van der Waals surface area contributed by atoms with E-state index in [9.17, 15) is 4.39 Å². The highest BCUT2D eigenvalue weighted by atomic mass is 19.1. The van der Waals surface area contributed by atoms with Crippen molar-refractivity contribution >= 4 is 11.4 Å². The van der Waals surface area contributed by atoms with Gasteiger partial charge < -0.3 is 15.4 Å². The van der Waals surface area contributed by atoms with Crippen molar-refractivity contribution < 1.29 is 9.13 Å². The van der Waals surface area contributed by atoms with Crippen molar-refractivity contribution in [3.05, 3.63) is 24.0 Å². The van der Waals surface area contributed by atoms with E-state index in [-0.39, 0.29) is 11.5 Å². The van der Waals surface area contributed by atoms with Crippen LogP contribution in [0.5, 0.6) is 0 Å². The number of nitrogen functional groups attached to an aromatic ring is 1. The first-order valence-corrected chi connectivity index (χ1v) is 6.06. The molecule has 17 heavy (non-hydrogen) atoms. The molecule has 92 valence electrons. The predicted octanol–water partition coefficient (Wildman–Crippen LogP) is 2.02. The molecule has 2 fully saturated rings. The summed E-state index contributed by atoms with van der Waals surface area (Å²) < 4.78 is 18.5. The van der Waals surface area contributed by atoms with Crippen LogP contribution in [-0.4, -0.2) is 26.3 Å². The molecule has 3 rings (SSSR count). The quantitative estimate of drug-likeness (QED) is 0.758. The molecular weight excluding hydrogens is 219 g/mol. The first kappa shape index (κ1) is 10.8. The molecule has 0 unspecified atom stereocenters. The van der Waals surface area contributed by atoms with E-state index in [2.05, 4.69) is 4.90 Å². The molecule has 3 nitrogen and oxygen atoms in total. The third-order valence-corrected chi connectivity index (χ3v) is 3.95. The number of anilines is 2. The molecule has 0 radical (unpaired) electrons. The van der Waals surface area contributed by atoms with Gasteiger partial charge in [0.25, 0.3) is 0 Å². The molecule has 0 atom stereocenters. The number of rotatable bonds is 1. The maximum Gasteiger partial charge on any atom is 0.146 e. The zero-order chi connectivity index (χ0) is 11.9. The summed E-state index contributed by atoms with van der Waals surface area (Å²) in [6, 6.07) is 4.97. The average molecular weight is 236 g/mol. The Labute approximate surface area is 100 Å². The monoisotopic (exact) mass is 236 g/mol. The van der Waals surface area contributed by atoms with Gasteiger partial charge in [0.15, 0.2) is 0 Å². The fourth-order valence-corrected chi connectivity index (χ4v) is 2.79. The van der Waals surface area contributed by atoms with Gasteiger partial charge in [-0.2, -0.15) is 0 Å². The highest BCUT2D eigenvalue weighted by molar-refractivity contribution is 5.58. The first-order chi connectivity index (χ1) is 8.19. The van der Waals surface area contributed by atoms with Crippen LogP contribution in [0.3, 0.4) is 0 Å². The van der Waals surface area contributed by atoms with Crippen molar-refractivity contribution in [3.8, 4) is 0 Å². The Bertz CT molecular complexity index is 421. The van der Waals surface area contributed by atoms with E-state index in [4.69, 9.17) is 10.5 Å². The molecule has 0 amide bonds. The second-order valence-electron chi connectivity index (χ2n) is 5.17. The highest BCUT2D eigenvalue weighted by Crippen LogP contribution is 2.42. The number of ether oxygens (including phenoxy) is 1. The first-order valence-electron chi connectivity index (χ1n) is 6.06. The maximum absolute atomic E-state index is 13.1. The fourth-order valence-electron chi connectivity index (χ4n) is 2.79. The van der Waals surface area contributed by atoms with Crippen molar-refractivity contribution in [2.75, 3.05) is 36.9 Å². The maximum atomic E-state index is 13.1. The van der Waals surface area contributed by atoms with Crippen LogP contribution in [0.15, 0.2) is 18.2 Å². The summed E-state index contributed by atoms with van der Waals surface area (Å²) in [5.74, 6) is -0.338. The predicted molar refractivity (Wildman–Crippen MR) is 65.5 cm³/mol. The summed E-state index contributed by atoms with van der Waals surface area (Å²) in [4.78, 5) is 2.26. The molecule has 0 saturated carbocycles. The normalized spacial score (nSPS) is 22.5. The molecule has 0 aliphatic carbocycles. The minimum atomic E-state index is -0.338. The Kier molecular flexibility index (Phi) is 2.47. The van der Waals surface area contributed by atoms with Gasteiger partial charge in [0.2, 0.25) is 0 Å². The number of nitrogens with zero attached hydrogens (tertiary/aromatic N) is 1. The second kappa shape index (κ2) is 3.88. The van der Waals surface area contributed by atoms with E-state index in [1.807, 2.05) is 0 Å². The second-order valence-corrected chi connectivity index (χ2v) is 5.17. The Morgan fingerprint density at radius 2 is 1.94 bits per heavy atom. The lowest BCUT2D eigenvalue weighted by atomic mass is 9.73. The molecule has 0 aromatic heterocycles. The van der Waals surface area contributed by atoms with Gasteiger partial charge in [0.05, 0.1) is 5.69 Å². The van der Waals surface area contributed by atoms with E-state index in [0.29, 0.717) is 5.41 Å². The van der Waals surface area contributed by atoms with Crippen LogP contribution >= 0.6 is 0 Å². The SMILES string of the molecule is Nc1cc(N2CC3(CCOCC3)C2)ccc1F. The fraction of sp³-hybridized carbons (Fsp3) is 0.538. The Morgan fingerprint density at radius 3 is 2.59 bits per heavy atom. The molecule has 2 saturated heterocycles. The van der Waals surface area contributed by atoms with Crippen LogP contribution in [0, 0.1) is 11.2 Å². The molecule has 0 bridgehead atoms. The third kappa shape index (κ3) is 1.86. The molecule has 1 aromatic carbocycles. The van der Waals surface area contributed by atoms with Crippen LogP contribution in [0.1, 0.15) is 12.8 Å². The average Bonchev–Trinajstić information content (AvgIpc) is 2.31. The van der Waals surface area contributed by atoms with Crippen LogP contribution in [-0.2, 0) is 4.74 Å². The number of hydrogen-bond acceptors (Lipinski definition) is 3. The van der Waals surface area contributed by atoms with Crippen molar-refractivity contribution in [2.45, 2.75) is 12.8 Å². The summed E-state index contributed by atoms with van der Waals surface area (Å²) in [6.07, 6.45) is 2.28. The van der Waals surface area contributed by atoms with Gasteiger partial charge in [0, 0.05) is 37.4 Å². The van der Waals surface area contributed by atoms with Gasteiger partial charge in [0.1, 0.15) is 5.82 Å². The highest BCUT2D eigenvalue weighted by Gasteiger charge is 2.43. The summed E-state index contributed by atoms with van der Waals surface area (Å²) in [6.45, 7) is 3.83. The van der Waals surface area contributed by atoms with Crippen LogP contribution in [0.2, 0.25) is 0 Å². The number of nitrogens with two attached hydrogens (primary N) is 1. The molecular formula is C13H17FN2O. The topological polar surface area (TPSA) is 38.5 Å². The van der Waals surface area contributed by atoms with Crippen molar-refractivity contribution in [1.29, 1.82) is 0 Å². The Morgan fingerprint density at radius 1 is 1.24 bits per heavy atom. The van der Waals surface area contributed by atoms with Gasteiger partial charge in [-0.1, -0.05) is 0 Å². The van der Waals surface area contributed by atoms with E-state index in [1.165, 1.54) is 6.07 Å². The molecule has 2 aliphatic rings. The van der Waals surface area contributed by atoms with Crippen molar-refractivity contribution in [1.82, 2.24) is 0 Å². The van der Waals surface area contributed by atoms with Crippen LogP contribution in [0.25, 0.3) is 0 Å². The Hall–Kier alpha value is -1.29. The minimum absolute atomic E-state index is 0.232. The lowest BCUT2D eigenvalue weighted by Crippen LogP contribution is -2.58. The molecule has 2 N–H and O–H groups in total. The zero-order valence-corrected chi connectivity index (χ0v) is 9.79. The standard InChI is InChI=1S/C13H17FN2O/c14-11-2-1-10(7-12(11)15)16-8-13(9-16)3-5-17-6-4-13/h1-2,7H,3-6,8-9,15H2. The zero-order valence-electron chi connectivity index (χ0n) is 9.79. The van der Waals surface area contributed by atoms with Gasteiger partial charge in [-0.25, -0.2) is 4.39 Å². The summed E-state index contributed by atoms with van der Waals surface area (Å²) in [5, 5.41) is 0.